The molecule has 1 saturated heterocycles. The van der Waals surface area contributed by atoms with Crippen molar-refractivity contribution < 1.29 is 14.3 Å². The third-order valence-electron chi connectivity index (χ3n) is 4.61. The molecule has 1 aliphatic rings. The first kappa shape index (κ1) is 17.5. The van der Waals surface area contributed by atoms with Gasteiger partial charge in [0.1, 0.15) is 11.5 Å². The van der Waals surface area contributed by atoms with Gasteiger partial charge in [-0.2, -0.15) is 0 Å². The van der Waals surface area contributed by atoms with Crippen molar-refractivity contribution in [2.45, 2.75) is 25.8 Å². The minimum absolute atomic E-state index is 0.0200. The van der Waals surface area contributed by atoms with Crippen molar-refractivity contribution in [1.82, 2.24) is 4.90 Å². The number of methoxy groups -OCH3 is 2. The van der Waals surface area contributed by atoms with Crippen molar-refractivity contribution in [2.75, 3.05) is 20.8 Å². The van der Waals surface area contributed by atoms with E-state index in [2.05, 4.69) is 13.0 Å². The van der Waals surface area contributed by atoms with Crippen LogP contribution in [0.15, 0.2) is 35.7 Å². The van der Waals surface area contributed by atoms with Crippen LogP contribution in [-0.2, 0) is 4.79 Å². The van der Waals surface area contributed by atoms with E-state index in [9.17, 15) is 4.79 Å². The average Bonchev–Trinajstić information content (AvgIpc) is 3.28. The van der Waals surface area contributed by atoms with E-state index in [4.69, 9.17) is 9.47 Å². The molecule has 0 saturated carbocycles. The van der Waals surface area contributed by atoms with Crippen LogP contribution in [0, 0.1) is 6.92 Å². The summed E-state index contributed by atoms with van der Waals surface area (Å²) in [6, 6.07) is 7.84. The highest BCUT2D eigenvalue weighted by atomic mass is 32.1. The number of nitrogens with zero attached hydrogens (tertiary/aromatic N) is 1. The van der Waals surface area contributed by atoms with E-state index in [0.29, 0.717) is 0 Å². The largest absolute Gasteiger partial charge is 0.497 e. The van der Waals surface area contributed by atoms with Crippen LogP contribution in [0.3, 0.4) is 0 Å². The quantitative estimate of drug-likeness (QED) is 0.742. The first-order valence-electron chi connectivity index (χ1n) is 8.38. The maximum absolute atomic E-state index is 12.8. The van der Waals surface area contributed by atoms with E-state index in [-0.39, 0.29) is 11.9 Å². The summed E-state index contributed by atoms with van der Waals surface area (Å²) in [7, 11) is 3.31. The zero-order chi connectivity index (χ0) is 17.8. The zero-order valence-electron chi connectivity index (χ0n) is 14.8. The summed E-state index contributed by atoms with van der Waals surface area (Å²) in [5.74, 6) is 1.61. The van der Waals surface area contributed by atoms with Crippen molar-refractivity contribution >= 4 is 23.3 Å². The van der Waals surface area contributed by atoms with Crippen molar-refractivity contribution in [3.8, 4) is 11.5 Å². The third kappa shape index (κ3) is 3.71. The normalized spacial score (nSPS) is 17.2. The number of hydrogen-bond acceptors (Lipinski definition) is 4. The lowest BCUT2D eigenvalue weighted by molar-refractivity contribution is -0.126. The Morgan fingerprint density at radius 3 is 2.80 bits per heavy atom. The lowest BCUT2D eigenvalue weighted by atomic mass is 10.0. The molecule has 2 heterocycles. The number of ether oxygens (including phenoxy) is 2. The first-order chi connectivity index (χ1) is 12.1. The molecule has 0 bridgehead atoms. The molecule has 132 valence electrons. The molecule has 0 radical (unpaired) electrons. The fourth-order valence-corrected chi connectivity index (χ4v) is 4.07. The van der Waals surface area contributed by atoms with Crippen LogP contribution >= 0.6 is 11.3 Å². The number of thiophene rings is 1. The van der Waals surface area contributed by atoms with Crippen LogP contribution in [0.5, 0.6) is 11.5 Å². The van der Waals surface area contributed by atoms with Gasteiger partial charge in [-0.25, -0.2) is 0 Å². The van der Waals surface area contributed by atoms with Gasteiger partial charge >= 0.3 is 0 Å². The van der Waals surface area contributed by atoms with Gasteiger partial charge in [0.2, 0.25) is 5.91 Å². The standard InChI is InChI=1S/C20H23NO3S/c1-14-10-12-25-19(14)8-9-20(22)21-11-4-5-17(21)16-13-15(23-2)6-7-18(16)24-3/h6-10,12-13,17H,4-5,11H2,1-3H3/b9-8+. The van der Waals surface area contributed by atoms with Crippen molar-refractivity contribution in [3.05, 3.63) is 51.7 Å². The van der Waals surface area contributed by atoms with Crippen LogP contribution in [0.4, 0.5) is 0 Å². The zero-order valence-corrected chi connectivity index (χ0v) is 15.6. The molecule has 1 amide bonds. The molecule has 1 atom stereocenters. The number of carbonyl (C=O) groups is 1. The van der Waals surface area contributed by atoms with Gasteiger partial charge in [0.05, 0.1) is 20.3 Å². The van der Waals surface area contributed by atoms with Crippen LogP contribution in [0.2, 0.25) is 0 Å². The number of rotatable bonds is 5. The lowest BCUT2D eigenvalue weighted by Gasteiger charge is -2.25. The van der Waals surface area contributed by atoms with Gasteiger partial charge in [-0.15, -0.1) is 11.3 Å². The predicted molar refractivity (Wildman–Crippen MR) is 101 cm³/mol. The second-order valence-corrected chi connectivity index (χ2v) is 7.05. The Kier molecular flexibility index (Phi) is 5.43. The Morgan fingerprint density at radius 1 is 1.28 bits per heavy atom. The minimum Gasteiger partial charge on any atom is -0.497 e. The number of likely N-dealkylation sites (tertiary alicyclic amines) is 1. The maximum Gasteiger partial charge on any atom is 0.247 e. The lowest BCUT2D eigenvalue weighted by Crippen LogP contribution is -2.29. The Morgan fingerprint density at radius 2 is 2.12 bits per heavy atom. The molecule has 25 heavy (non-hydrogen) atoms. The molecule has 1 aliphatic heterocycles. The first-order valence-corrected chi connectivity index (χ1v) is 9.26. The van der Waals surface area contributed by atoms with E-state index >= 15 is 0 Å². The van der Waals surface area contributed by atoms with Crippen LogP contribution < -0.4 is 9.47 Å². The highest BCUT2D eigenvalue weighted by molar-refractivity contribution is 7.11. The summed E-state index contributed by atoms with van der Waals surface area (Å²) in [5.41, 5.74) is 2.20. The molecule has 0 N–H and O–H groups in total. The smallest absolute Gasteiger partial charge is 0.247 e. The van der Waals surface area contributed by atoms with Gasteiger partial charge in [-0.3, -0.25) is 4.79 Å². The Hall–Kier alpha value is -2.27. The summed E-state index contributed by atoms with van der Waals surface area (Å²) in [6.45, 7) is 2.82. The van der Waals surface area contributed by atoms with Crippen LogP contribution in [0.1, 0.15) is 34.9 Å². The molecule has 4 nitrogen and oxygen atoms in total. The summed E-state index contributed by atoms with van der Waals surface area (Å²) in [6.07, 6.45) is 5.52. The summed E-state index contributed by atoms with van der Waals surface area (Å²) >= 11 is 1.65. The second kappa shape index (κ2) is 7.74. The maximum atomic E-state index is 12.8. The van der Waals surface area contributed by atoms with Crippen molar-refractivity contribution in [2.24, 2.45) is 0 Å². The number of benzene rings is 1. The number of carbonyl (C=O) groups excluding carboxylic acids is 1. The van der Waals surface area contributed by atoms with Gasteiger partial charge in [0.25, 0.3) is 0 Å². The van der Waals surface area contributed by atoms with Gasteiger partial charge in [0.15, 0.2) is 0 Å². The van der Waals surface area contributed by atoms with E-state index in [1.165, 1.54) is 5.56 Å². The summed E-state index contributed by atoms with van der Waals surface area (Å²) in [4.78, 5) is 15.8. The van der Waals surface area contributed by atoms with E-state index in [0.717, 1.165) is 41.3 Å². The van der Waals surface area contributed by atoms with Crippen LogP contribution in [-0.4, -0.2) is 31.6 Å². The van der Waals surface area contributed by atoms with Crippen LogP contribution in [0.25, 0.3) is 6.08 Å². The fraction of sp³-hybridized carbons (Fsp3) is 0.350. The number of aryl methyl sites for hydroxylation is 1. The van der Waals surface area contributed by atoms with E-state index < -0.39 is 0 Å². The molecule has 1 unspecified atom stereocenters. The van der Waals surface area contributed by atoms with Crippen molar-refractivity contribution in [3.63, 3.8) is 0 Å². The average molecular weight is 357 g/mol. The molecule has 1 fully saturated rings. The molecule has 3 rings (SSSR count). The molecule has 1 aromatic heterocycles. The molecule has 0 aliphatic carbocycles. The Bertz CT molecular complexity index is 781. The molecular formula is C20H23NO3S. The topological polar surface area (TPSA) is 38.8 Å². The SMILES string of the molecule is COc1ccc(OC)c(C2CCCN2C(=O)/C=C/c2sccc2C)c1. The monoisotopic (exact) mass is 357 g/mol. The third-order valence-corrected chi connectivity index (χ3v) is 5.59. The number of hydrogen-bond donors (Lipinski definition) is 0. The second-order valence-electron chi connectivity index (χ2n) is 6.10. The number of amides is 1. The Balaban J connectivity index is 1.84. The molecule has 2 aromatic rings. The summed E-state index contributed by atoms with van der Waals surface area (Å²) in [5, 5.41) is 2.04. The fourth-order valence-electron chi connectivity index (χ4n) is 3.25. The molecule has 5 heteroatoms. The van der Waals surface area contributed by atoms with E-state index in [1.807, 2.05) is 34.6 Å². The molecule has 0 spiro atoms. The van der Waals surface area contributed by atoms with Gasteiger partial charge in [-0.05, 0) is 61.1 Å². The highest BCUT2D eigenvalue weighted by Crippen LogP contribution is 2.39. The van der Waals surface area contributed by atoms with E-state index in [1.54, 1.807) is 31.6 Å². The van der Waals surface area contributed by atoms with Gasteiger partial charge < -0.3 is 14.4 Å². The van der Waals surface area contributed by atoms with Gasteiger partial charge in [0, 0.05) is 23.1 Å². The predicted octanol–water partition coefficient (Wildman–Crippen LogP) is 4.45. The Labute approximate surface area is 152 Å². The molecular weight excluding hydrogens is 334 g/mol. The molecule has 1 aromatic carbocycles. The minimum atomic E-state index is 0.0200. The van der Waals surface area contributed by atoms with Crippen molar-refractivity contribution in [1.29, 1.82) is 0 Å². The van der Waals surface area contributed by atoms with Gasteiger partial charge in [-0.1, -0.05) is 0 Å². The highest BCUT2D eigenvalue weighted by Gasteiger charge is 2.31. The summed E-state index contributed by atoms with van der Waals surface area (Å²) < 4.78 is 10.9.